The lowest BCUT2D eigenvalue weighted by Crippen LogP contribution is -2.52. The van der Waals surface area contributed by atoms with E-state index in [1.54, 1.807) is 0 Å². The van der Waals surface area contributed by atoms with Gasteiger partial charge in [0.1, 0.15) is 5.82 Å². The molecule has 3 saturated heterocycles. The third-order valence-electron chi connectivity index (χ3n) is 6.16. The highest BCUT2D eigenvalue weighted by Crippen LogP contribution is 2.28. The first-order valence-corrected chi connectivity index (χ1v) is 9.67. The van der Waals surface area contributed by atoms with E-state index in [-0.39, 0.29) is 24.0 Å². The second kappa shape index (κ2) is 7.88. The minimum atomic E-state index is -0.273. The van der Waals surface area contributed by atoms with Crippen LogP contribution in [0.4, 0.5) is 4.39 Å². The van der Waals surface area contributed by atoms with Crippen LogP contribution in [-0.2, 0) is 0 Å². The fraction of sp³-hybridized carbons (Fsp3) is 0.684. The Morgan fingerprint density at radius 2 is 1.85 bits per heavy atom. The van der Waals surface area contributed by atoms with Gasteiger partial charge in [0.25, 0.3) is 0 Å². The summed E-state index contributed by atoms with van der Waals surface area (Å²) in [7, 11) is 2.16. The Kier molecular flexibility index (Phi) is 5.54. The molecule has 144 valence electrons. The number of aliphatic hydroxyl groups is 1. The molecule has 0 saturated carbocycles. The van der Waals surface area contributed by atoms with E-state index in [1.807, 2.05) is 12.1 Å². The van der Waals surface area contributed by atoms with Crippen LogP contribution in [0.2, 0.25) is 0 Å². The number of hydrazine groups is 1. The molecule has 2 unspecified atom stereocenters. The highest BCUT2D eigenvalue weighted by Gasteiger charge is 2.39. The molecular weight excluding hydrogens is 333 g/mol. The Bertz CT molecular complexity index is 592. The summed E-state index contributed by atoms with van der Waals surface area (Å²) in [5.41, 5.74) is 7.69. The normalized spacial score (nSPS) is 34.6. The minimum absolute atomic E-state index is 0.176. The molecular formula is C19H30FN5O. The number of likely N-dealkylation sites (N-methyl/N-ethyl adjacent to an activating group) is 1. The van der Waals surface area contributed by atoms with Gasteiger partial charge in [-0.05, 0) is 24.7 Å². The predicted molar refractivity (Wildman–Crippen MR) is 99.1 cm³/mol. The zero-order valence-corrected chi connectivity index (χ0v) is 15.4. The molecule has 7 heteroatoms. The molecule has 6 nitrogen and oxygen atoms in total. The average Bonchev–Trinajstić information content (AvgIpc) is 3.23. The number of nitrogens with zero attached hydrogens (tertiary/aromatic N) is 3. The lowest BCUT2D eigenvalue weighted by molar-refractivity contribution is 0.0512. The number of aliphatic hydroxyl groups excluding tert-OH is 1. The Labute approximate surface area is 154 Å². The van der Waals surface area contributed by atoms with E-state index in [0.717, 1.165) is 57.9 Å². The van der Waals surface area contributed by atoms with Crippen LogP contribution in [0.25, 0.3) is 0 Å². The van der Waals surface area contributed by atoms with Gasteiger partial charge in [-0.2, -0.15) is 0 Å². The molecule has 3 N–H and O–H groups in total. The molecule has 3 aliphatic rings. The van der Waals surface area contributed by atoms with Crippen molar-refractivity contribution in [2.45, 2.75) is 18.2 Å². The largest absolute Gasteiger partial charge is 0.390 e. The SMILES string of the molecule is CN1CCN([C@@H]2CN(CC3CNNC3c3ccc(F)cc3)C[C@H]2O)CC1. The van der Waals surface area contributed by atoms with Gasteiger partial charge in [-0.15, -0.1) is 0 Å². The lowest BCUT2D eigenvalue weighted by atomic mass is 9.94. The Balaban J connectivity index is 1.36. The van der Waals surface area contributed by atoms with E-state index in [2.05, 4.69) is 32.6 Å². The van der Waals surface area contributed by atoms with Gasteiger partial charge in [0.05, 0.1) is 12.1 Å². The van der Waals surface area contributed by atoms with Crippen molar-refractivity contribution in [2.24, 2.45) is 5.92 Å². The van der Waals surface area contributed by atoms with E-state index in [0.29, 0.717) is 5.92 Å². The van der Waals surface area contributed by atoms with Gasteiger partial charge in [0.15, 0.2) is 0 Å². The highest BCUT2D eigenvalue weighted by molar-refractivity contribution is 5.21. The molecule has 0 spiro atoms. The molecule has 0 aliphatic carbocycles. The van der Waals surface area contributed by atoms with Gasteiger partial charge in [-0.3, -0.25) is 15.2 Å². The first-order valence-electron chi connectivity index (χ1n) is 9.67. The number of likely N-dealkylation sites (tertiary alicyclic amines) is 1. The Hall–Kier alpha value is -1.09. The monoisotopic (exact) mass is 363 g/mol. The van der Waals surface area contributed by atoms with Crippen LogP contribution in [0.3, 0.4) is 0 Å². The van der Waals surface area contributed by atoms with Crippen molar-refractivity contribution >= 4 is 0 Å². The topological polar surface area (TPSA) is 54.0 Å². The smallest absolute Gasteiger partial charge is 0.123 e. The predicted octanol–water partition coefficient (Wildman–Crippen LogP) is -0.117. The third-order valence-corrected chi connectivity index (χ3v) is 6.16. The maximum Gasteiger partial charge on any atom is 0.123 e. The number of halogens is 1. The zero-order chi connectivity index (χ0) is 18.1. The number of rotatable bonds is 4. The second-order valence-electron chi connectivity index (χ2n) is 8.01. The van der Waals surface area contributed by atoms with Crippen molar-refractivity contribution in [1.82, 2.24) is 25.6 Å². The van der Waals surface area contributed by atoms with Crippen molar-refractivity contribution in [1.29, 1.82) is 0 Å². The first-order chi connectivity index (χ1) is 12.6. The van der Waals surface area contributed by atoms with E-state index < -0.39 is 0 Å². The number of benzene rings is 1. The maximum atomic E-state index is 13.2. The molecule has 0 amide bonds. The molecule has 0 bridgehead atoms. The van der Waals surface area contributed by atoms with E-state index in [4.69, 9.17) is 0 Å². The van der Waals surface area contributed by atoms with Crippen molar-refractivity contribution in [3.05, 3.63) is 35.6 Å². The van der Waals surface area contributed by atoms with Crippen LogP contribution >= 0.6 is 0 Å². The molecule has 1 aromatic rings. The van der Waals surface area contributed by atoms with Crippen LogP contribution < -0.4 is 10.9 Å². The van der Waals surface area contributed by atoms with Gasteiger partial charge < -0.3 is 10.0 Å². The molecule has 4 rings (SSSR count). The fourth-order valence-electron chi connectivity index (χ4n) is 4.57. The number of hydrogen-bond donors (Lipinski definition) is 3. The van der Waals surface area contributed by atoms with Gasteiger partial charge in [0, 0.05) is 64.3 Å². The summed E-state index contributed by atoms with van der Waals surface area (Å²) in [6.45, 7) is 7.71. The van der Waals surface area contributed by atoms with Gasteiger partial charge >= 0.3 is 0 Å². The van der Waals surface area contributed by atoms with Crippen molar-refractivity contribution in [3.8, 4) is 0 Å². The fourth-order valence-corrected chi connectivity index (χ4v) is 4.57. The maximum absolute atomic E-state index is 13.2. The van der Waals surface area contributed by atoms with Crippen LogP contribution in [0.5, 0.6) is 0 Å². The Morgan fingerprint density at radius 1 is 1.12 bits per heavy atom. The lowest BCUT2D eigenvalue weighted by Gasteiger charge is -2.37. The van der Waals surface area contributed by atoms with Crippen LogP contribution in [0, 0.1) is 11.7 Å². The van der Waals surface area contributed by atoms with Crippen molar-refractivity contribution in [3.63, 3.8) is 0 Å². The molecule has 0 radical (unpaired) electrons. The molecule has 26 heavy (non-hydrogen) atoms. The van der Waals surface area contributed by atoms with Crippen LogP contribution in [0.15, 0.2) is 24.3 Å². The second-order valence-corrected chi connectivity index (χ2v) is 8.01. The quantitative estimate of drug-likeness (QED) is 0.694. The Morgan fingerprint density at radius 3 is 2.58 bits per heavy atom. The molecule has 4 atom stereocenters. The van der Waals surface area contributed by atoms with Gasteiger partial charge in [-0.1, -0.05) is 12.1 Å². The van der Waals surface area contributed by atoms with E-state index >= 15 is 0 Å². The molecule has 3 aliphatic heterocycles. The highest BCUT2D eigenvalue weighted by atomic mass is 19.1. The first kappa shape index (κ1) is 18.3. The number of nitrogens with one attached hydrogen (secondary N) is 2. The standard InChI is InChI=1S/C19H30FN5O/c1-23-6-8-25(9-7-23)17-12-24(13-18(17)26)11-15-10-21-22-19(15)14-2-4-16(20)5-3-14/h2-5,15,17-19,21-22,26H,6-13H2,1H3/t15?,17-,18-,19?/m1/s1. The number of β-amino-alcohol motifs (C(OH)–C–C–N with tert-alkyl or cyclic N) is 1. The summed E-state index contributed by atoms with van der Waals surface area (Å²) < 4.78 is 13.2. The van der Waals surface area contributed by atoms with Gasteiger partial charge in [0.2, 0.25) is 0 Å². The van der Waals surface area contributed by atoms with Crippen LogP contribution in [-0.4, -0.2) is 91.4 Å². The zero-order valence-electron chi connectivity index (χ0n) is 15.4. The van der Waals surface area contributed by atoms with Crippen LogP contribution in [0.1, 0.15) is 11.6 Å². The third kappa shape index (κ3) is 3.93. The van der Waals surface area contributed by atoms with E-state index in [1.165, 1.54) is 12.1 Å². The summed E-state index contributed by atoms with van der Waals surface area (Å²) in [5.74, 6) is 0.202. The molecule has 0 aromatic heterocycles. The summed E-state index contributed by atoms with van der Waals surface area (Å²) in [6.07, 6.45) is -0.273. The van der Waals surface area contributed by atoms with E-state index in [9.17, 15) is 9.50 Å². The summed E-state index contributed by atoms with van der Waals surface area (Å²) in [6, 6.07) is 7.19. The summed E-state index contributed by atoms with van der Waals surface area (Å²) in [4.78, 5) is 7.19. The average molecular weight is 363 g/mol. The number of hydrogen-bond acceptors (Lipinski definition) is 6. The molecule has 3 fully saturated rings. The molecule has 1 aromatic carbocycles. The summed E-state index contributed by atoms with van der Waals surface area (Å²) in [5, 5.41) is 10.6. The number of piperazine rings is 1. The van der Waals surface area contributed by atoms with Crippen molar-refractivity contribution < 1.29 is 9.50 Å². The van der Waals surface area contributed by atoms with Crippen molar-refractivity contribution in [2.75, 3.05) is 59.4 Å². The van der Waals surface area contributed by atoms with Gasteiger partial charge in [-0.25, -0.2) is 9.82 Å². The molecule has 3 heterocycles. The minimum Gasteiger partial charge on any atom is -0.390 e. The summed E-state index contributed by atoms with van der Waals surface area (Å²) >= 11 is 0.